The fraction of sp³-hybridized carbons (Fsp3) is 0.864. The second kappa shape index (κ2) is 55.4. The third-order valence-corrected chi connectivity index (χ3v) is 12.6. The molecule has 1 atom stereocenters. The molecule has 1 unspecified atom stereocenters. The molecule has 0 aliphatic carbocycles. The fourth-order valence-electron chi connectivity index (χ4n) is 8.32. The van der Waals surface area contributed by atoms with E-state index in [0.29, 0.717) is 19.4 Å². The van der Waals surface area contributed by atoms with Crippen LogP contribution in [0.4, 0.5) is 0 Å². The number of ether oxygens (including phenoxy) is 3. The monoisotopic (exact) mass is 899 g/mol. The van der Waals surface area contributed by atoms with E-state index in [9.17, 15) is 9.59 Å². The summed E-state index contributed by atoms with van der Waals surface area (Å²) in [5.74, 6) is -0.403. The standard InChI is InChI=1S/C59H110O5/c1-4-7-10-13-16-19-22-25-27-28-29-30-31-33-36-39-42-45-48-51-54-62-55-57(64-59(61)53-50-47-44-41-38-34-24-21-18-15-12-9-6-3)56-63-58(60)52-49-46-43-40-37-35-32-26-23-20-17-14-11-8-5-2/h21,24-27,32,57H,4-20,22-23,28-31,33-56H2,1-3H3/b24-21-,27-25-,32-26-. The van der Waals surface area contributed by atoms with Crippen molar-refractivity contribution >= 4 is 11.9 Å². The largest absolute Gasteiger partial charge is 0.462 e. The maximum Gasteiger partial charge on any atom is 0.306 e. The Balaban J connectivity index is 4.22. The highest BCUT2D eigenvalue weighted by Crippen LogP contribution is 2.15. The first-order valence-electron chi connectivity index (χ1n) is 28.5. The molecule has 0 spiro atoms. The van der Waals surface area contributed by atoms with Crippen molar-refractivity contribution in [2.75, 3.05) is 19.8 Å². The molecule has 0 aromatic heterocycles. The summed E-state index contributed by atoms with van der Waals surface area (Å²) < 4.78 is 17.5. The van der Waals surface area contributed by atoms with E-state index in [-0.39, 0.29) is 25.2 Å². The van der Waals surface area contributed by atoms with Crippen molar-refractivity contribution < 1.29 is 23.8 Å². The van der Waals surface area contributed by atoms with Gasteiger partial charge in [0, 0.05) is 19.4 Å². The summed E-state index contributed by atoms with van der Waals surface area (Å²) in [6, 6.07) is 0. The van der Waals surface area contributed by atoms with Crippen LogP contribution in [0.1, 0.15) is 303 Å². The molecule has 376 valence electrons. The van der Waals surface area contributed by atoms with E-state index in [1.807, 2.05) is 0 Å². The van der Waals surface area contributed by atoms with Crippen molar-refractivity contribution in [2.24, 2.45) is 0 Å². The van der Waals surface area contributed by atoms with E-state index in [0.717, 1.165) is 64.2 Å². The van der Waals surface area contributed by atoms with E-state index in [4.69, 9.17) is 14.2 Å². The lowest BCUT2D eigenvalue weighted by atomic mass is 10.1. The Bertz CT molecular complexity index is 1020. The summed E-state index contributed by atoms with van der Waals surface area (Å²) in [6.45, 7) is 7.83. The van der Waals surface area contributed by atoms with Crippen molar-refractivity contribution in [1.82, 2.24) is 0 Å². The molecule has 0 bridgehead atoms. The molecule has 0 amide bonds. The summed E-state index contributed by atoms with van der Waals surface area (Å²) in [5, 5.41) is 0. The first kappa shape index (κ1) is 62.1. The Hall–Kier alpha value is -1.88. The van der Waals surface area contributed by atoms with E-state index in [1.54, 1.807) is 0 Å². The van der Waals surface area contributed by atoms with Crippen LogP contribution >= 0.6 is 0 Å². The number of allylic oxidation sites excluding steroid dienone is 6. The van der Waals surface area contributed by atoms with Crippen molar-refractivity contribution in [3.63, 3.8) is 0 Å². The minimum Gasteiger partial charge on any atom is -0.462 e. The molecule has 5 nitrogen and oxygen atoms in total. The Labute approximate surface area is 400 Å². The average molecular weight is 900 g/mol. The highest BCUT2D eigenvalue weighted by molar-refractivity contribution is 5.70. The predicted molar refractivity (Wildman–Crippen MR) is 279 cm³/mol. The van der Waals surface area contributed by atoms with E-state index < -0.39 is 6.10 Å². The molecule has 0 radical (unpaired) electrons. The topological polar surface area (TPSA) is 61.8 Å². The number of carbonyl (C=O) groups excluding carboxylic acids is 2. The summed E-state index contributed by atoms with van der Waals surface area (Å²) in [4.78, 5) is 25.4. The number of esters is 2. The maximum atomic E-state index is 12.8. The van der Waals surface area contributed by atoms with Crippen LogP contribution in [0, 0.1) is 0 Å². The SMILES string of the molecule is CCCCCC/C=C\CCCCCCCC(=O)OC(COCCCCCCCCCCCC/C=C\CCCCCCCC)COC(=O)CCCCCCC/C=C\CCCCCCCC. The van der Waals surface area contributed by atoms with Gasteiger partial charge in [0.15, 0.2) is 6.10 Å². The quantitative estimate of drug-likeness (QED) is 0.0346. The lowest BCUT2D eigenvalue weighted by molar-refractivity contribution is -0.163. The second-order valence-electron chi connectivity index (χ2n) is 19.2. The first-order valence-corrected chi connectivity index (χ1v) is 28.5. The minimum atomic E-state index is -0.541. The molecular formula is C59H110O5. The van der Waals surface area contributed by atoms with Gasteiger partial charge in [-0.2, -0.15) is 0 Å². The molecule has 5 heteroatoms. The third-order valence-electron chi connectivity index (χ3n) is 12.6. The van der Waals surface area contributed by atoms with Gasteiger partial charge in [-0.25, -0.2) is 0 Å². The highest BCUT2D eigenvalue weighted by atomic mass is 16.6. The lowest BCUT2D eigenvalue weighted by Crippen LogP contribution is -2.30. The second-order valence-corrected chi connectivity index (χ2v) is 19.2. The maximum absolute atomic E-state index is 12.8. The average Bonchev–Trinajstić information content (AvgIpc) is 3.30. The molecule has 0 aromatic rings. The molecular weight excluding hydrogens is 789 g/mol. The zero-order valence-electron chi connectivity index (χ0n) is 43.3. The van der Waals surface area contributed by atoms with Crippen molar-refractivity contribution in [1.29, 1.82) is 0 Å². The van der Waals surface area contributed by atoms with Gasteiger partial charge in [0.05, 0.1) is 6.61 Å². The van der Waals surface area contributed by atoms with Gasteiger partial charge in [-0.3, -0.25) is 9.59 Å². The summed E-state index contributed by atoms with van der Waals surface area (Å²) in [5.41, 5.74) is 0. The molecule has 0 N–H and O–H groups in total. The van der Waals surface area contributed by atoms with Gasteiger partial charge in [0.25, 0.3) is 0 Å². The van der Waals surface area contributed by atoms with Crippen LogP contribution in [0.25, 0.3) is 0 Å². The third kappa shape index (κ3) is 52.7. The molecule has 0 aromatic carbocycles. The molecule has 0 saturated heterocycles. The van der Waals surface area contributed by atoms with Gasteiger partial charge in [-0.05, 0) is 96.3 Å². The van der Waals surface area contributed by atoms with Gasteiger partial charge < -0.3 is 14.2 Å². The molecule has 0 saturated carbocycles. The number of hydrogen-bond acceptors (Lipinski definition) is 5. The van der Waals surface area contributed by atoms with Gasteiger partial charge >= 0.3 is 11.9 Å². The minimum absolute atomic E-state index is 0.0811. The van der Waals surface area contributed by atoms with Gasteiger partial charge in [-0.1, -0.05) is 231 Å². The van der Waals surface area contributed by atoms with Crippen LogP contribution in [0.5, 0.6) is 0 Å². The van der Waals surface area contributed by atoms with E-state index in [1.165, 1.54) is 205 Å². The van der Waals surface area contributed by atoms with E-state index in [2.05, 4.69) is 57.2 Å². The molecule has 64 heavy (non-hydrogen) atoms. The highest BCUT2D eigenvalue weighted by Gasteiger charge is 2.17. The van der Waals surface area contributed by atoms with E-state index >= 15 is 0 Å². The van der Waals surface area contributed by atoms with Crippen LogP contribution in [-0.4, -0.2) is 37.9 Å². The van der Waals surface area contributed by atoms with Crippen molar-refractivity contribution in [3.8, 4) is 0 Å². The van der Waals surface area contributed by atoms with Gasteiger partial charge in [-0.15, -0.1) is 0 Å². The summed E-state index contributed by atoms with van der Waals surface area (Å²) in [7, 11) is 0. The van der Waals surface area contributed by atoms with Crippen LogP contribution < -0.4 is 0 Å². The van der Waals surface area contributed by atoms with Gasteiger partial charge in [0.2, 0.25) is 0 Å². The number of rotatable bonds is 53. The Kier molecular flexibility index (Phi) is 53.8. The predicted octanol–water partition coefficient (Wildman–Crippen LogP) is 19.4. The lowest BCUT2D eigenvalue weighted by Gasteiger charge is -2.18. The van der Waals surface area contributed by atoms with Crippen LogP contribution in [-0.2, 0) is 23.8 Å². The normalized spacial score (nSPS) is 12.4. The summed E-state index contributed by atoms with van der Waals surface area (Å²) >= 11 is 0. The molecule has 0 aliphatic heterocycles. The zero-order chi connectivity index (χ0) is 46.3. The zero-order valence-corrected chi connectivity index (χ0v) is 43.3. The molecule has 0 aliphatic rings. The first-order chi connectivity index (χ1) is 31.6. The number of hydrogen-bond donors (Lipinski definition) is 0. The van der Waals surface area contributed by atoms with Crippen LogP contribution in [0.15, 0.2) is 36.5 Å². The summed E-state index contributed by atoms with van der Waals surface area (Å²) in [6.07, 6.45) is 67.3. The Morgan fingerprint density at radius 3 is 0.969 bits per heavy atom. The van der Waals surface area contributed by atoms with Crippen molar-refractivity contribution in [3.05, 3.63) is 36.5 Å². The smallest absolute Gasteiger partial charge is 0.306 e. The van der Waals surface area contributed by atoms with Crippen LogP contribution in [0.3, 0.4) is 0 Å². The Morgan fingerprint density at radius 2 is 0.609 bits per heavy atom. The van der Waals surface area contributed by atoms with Crippen LogP contribution in [0.2, 0.25) is 0 Å². The fourth-order valence-corrected chi connectivity index (χ4v) is 8.32. The molecule has 0 fully saturated rings. The molecule has 0 heterocycles. The number of unbranched alkanes of at least 4 members (excludes halogenated alkanes) is 36. The molecule has 0 rings (SSSR count). The van der Waals surface area contributed by atoms with Crippen molar-refractivity contribution in [2.45, 2.75) is 309 Å². The number of carbonyl (C=O) groups is 2. The van der Waals surface area contributed by atoms with Gasteiger partial charge in [0.1, 0.15) is 6.61 Å². The Morgan fingerprint density at radius 1 is 0.328 bits per heavy atom.